The van der Waals surface area contributed by atoms with Gasteiger partial charge in [0, 0.05) is 12.1 Å². The first-order valence-corrected chi connectivity index (χ1v) is 6.86. The quantitative estimate of drug-likeness (QED) is 0.878. The van der Waals surface area contributed by atoms with E-state index in [9.17, 15) is 9.90 Å². The van der Waals surface area contributed by atoms with Crippen molar-refractivity contribution >= 4 is 5.91 Å². The molecule has 1 saturated carbocycles. The Morgan fingerprint density at radius 1 is 1.37 bits per heavy atom. The summed E-state index contributed by atoms with van der Waals surface area (Å²) in [6.45, 7) is 0.728. The van der Waals surface area contributed by atoms with Gasteiger partial charge in [-0.25, -0.2) is 0 Å². The van der Waals surface area contributed by atoms with Crippen molar-refractivity contribution in [2.75, 3.05) is 13.7 Å². The highest BCUT2D eigenvalue weighted by Gasteiger charge is 2.15. The molecule has 0 unspecified atom stereocenters. The fourth-order valence-electron chi connectivity index (χ4n) is 2.56. The van der Waals surface area contributed by atoms with Gasteiger partial charge in [-0.2, -0.15) is 0 Å². The molecule has 1 aromatic rings. The lowest BCUT2D eigenvalue weighted by Crippen LogP contribution is -2.30. The van der Waals surface area contributed by atoms with Crippen LogP contribution in [0.2, 0.25) is 0 Å². The molecule has 4 nitrogen and oxygen atoms in total. The number of rotatable bonds is 4. The zero-order valence-corrected chi connectivity index (χ0v) is 11.3. The van der Waals surface area contributed by atoms with Gasteiger partial charge in [-0.3, -0.25) is 4.79 Å². The molecular formula is C15H21NO3. The average molecular weight is 263 g/mol. The predicted molar refractivity (Wildman–Crippen MR) is 73.6 cm³/mol. The minimum absolute atomic E-state index is 0.00665. The van der Waals surface area contributed by atoms with Gasteiger partial charge in [0.2, 0.25) is 0 Å². The zero-order valence-electron chi connectivity index (χ0n) is 11.3. The largest absolute Gasteiger partial charge is 0.504 e. The molecule has 2 rings (SSSR count). The number of phenols is 1. The van der Waals surface area contributed by atoms with E-state index in [1.165, 1.54) is 45.3 Å². The number of aromatic hydroxyl groups is 1. The van der Waals surface area contributed by atoms with E-state index in [-0.39, 0.29) is 11.7 Å². The van der Waals surface area contributed by atoms with Gasteiger partial charge in [0.05, 0.1) is 7.11 Å². The molecule has 4 heteroatoms. The summed E-state index contributed by atoms with van der Waals surface area (Å²) in [6, 6.07) is 4.70. The Hall–Kier alpha value is -1.71. The van der Waals surface area contributed by atoms with Crippen LogP contribution < -0.4 is 10.1 Å². The van der Waals surface area contributed by atoms with Crippen LogP contribution in [0.25, 0.3) is 0 Å². The normalized spacial score (nSPS) is 16.1. The smallest absolute Gasteiger partial charge is 0.251 e. The number of carbonyl (C=O) groups excluding carboxylic acids is 1. The molecular weight excluding hydrogens is 242 g/mol. The van der Waals surface area contributed by atoms with Gasteiger partial charge < -0.3 is 15.2 Å². The van der Waals surface area contributed by atoms with Crippen LogP contribution in [0, 0.1) is 5.92 Å². The van der Waals surface area contributed by atoms with Crippen LogP contribution in [-0.2, 0) is 0 Å². The van der Waals surface area contributed by atoms with Crippen LogP contribution in [0.4, 0.5) is 0 Å². The van der Waals surface area contributed by atoms with E-state index >= 15 is 0 Å². The van der Waals surface area contributed by atoms with Gasteiger partial charge in [-0.05, 0) is 37.0 Å². The molecule has 0 spiro atoms. The topological polar surface area (TPSA) is 58.6 Å². The highest BCUT2D eigenvalue weighted by molar-refractivity contribution is 5.94. The van der Waals surface area contributed by atoms with E-state index in [0.29, 0.717) is 17.2 Å². The molecule has 1 aromatic carbocycles. The number of amides is 1. The van der Waals surface area contributed by atoms with Crippen LogP contribution in [0.5, 0.6) is 11.5 Å². The summed E-state index contributed by atoms with van der Waals surface area (Å²) in [6.07, 6.45) is 6.26. The number of phenolic OH excluding ortho intramolecular Hbond substituents is 1. The van der Waals surface area contributed by atoms with Crippen LogP contribution in [0.15, 0.2) is 18.2 Å². The number of methoxy groups -OCH3 is 1. The minimum Gasteiger partial charge on any atom is -0.504 e. The van der Waals surface area contributed by atoms with E-state index < -0.39 is 0 Å². The molecule has 0 saturated heterocycles. The second-order valence-electron chi connectivity index (χ2n) is 5.10. The number of carbonyl (C=O) groups is 1. The van der Waals surface area contributed by atoms with Crippen LogP contribution >= 0.6 is 0 Å². The maximum absolute atomic E-state index is 12.0. The van der Waals surface area contributed by atoms with E-state index in [1.807, 2.05) is 0 Å². The van der Waals surface area contributed by atoms with Crippen molar-refractivity contribution in [1.82, 2.24) is 5.32 Å². The standard InChI is InChI=1S/C15H21NO3/c1-19-14-8-7-12(9-13(14)17)15(18)16-10-11-5-3-2-4-6-11/h7-9,11,17H,2-6,10H2,1H3,(H,16,18). The fraction of sp³-hybridized carbons (Fsp3) is 0.533. The van der Waals surface area contributed by atoms with Gasteiger partial charge in [-0.15, -0.1) is 0 Å². The molecule has 0 bridgehead atoms. The van der Waals surface area contributed by atoms with Gasteiger partial charge in [-0.1, -0.05) is 19.3 Å². The molecule has 2 N–H and O–H groups in total. The van der Waals surface area contributed by atoms with Crippen molar-refractivity contribution in [1.29, 1.82) is 0 Å². The Kier molecular flexibility index (Phi) is 4.66. The van der Waals surface area contributed by atoms with Crippen LogP contribution in [-0.4, -0.2) is 24.7 Å². The molecule has 0 aromatic heterocycles. The highest BCUT2D eigenvalue weighted by atomic mass is 16.5. The summed E-state index contributed by atoms with van der Waals surface area (Å²) in [5, 5.41) is 12.6. The molecule has 1 aliphatic rings. The zero-order chi connectivity index (χ0) is 13.7. The van der Waals surface area contributed by atoms with E-state index in [1.54, 1.807) is 12.1 Å². The third-order valence-corrected chi connectivity index (χ3v) is 3.72. The van der Waals surface area contributed by atoms with Crippen molar-refractivity contribution < 1.29 is 14.6 Å². The summed E-state index contributed by atoms with van der Waals surface area (Å²) < 4.78 is 4.95. The molecule has 0 heterocycles. The first kappa shape index (κ1) is 13.7. The summed E-state index contributed by atoms with van der Waals surface area (Å²) in [5.41, 5.74) is 0.467. The summed E-state index contributed by atoms with van der Waals surface area (Å²) >= 11 is 0. The maximum atomic E-state index is 12.0. The number of ether oxygens (including phenoxy) is 1. The van der Waals surface area contributed by atoms with Gasteiger partial charge in [0.15, 0.2) is 11.5 Å². The first-order chi connectivity index (χ1) is 9.20. The van der Waals surface area contributed by atoms with E-state index in [4.69, 9.17) is 4.74 Å². The van der Waals surface area contributed by atoms with E-state index in [0.717, 1.165) is 6.54 Å². The molecule has 0 aliphatic heterocycles. The van der Waals surface area contributed by atoms with Crippen LogP contribution in [0.3, 0.4) is 0 Å². The number of hydrogen-bond acceptors (Lipinski definition) is 3. The lowest BCUT2D eigenvalue weighted by Gasteiger charge is -2.21. The number of hydrogen-bond donors (Lipinski definition) is 2. The molecule has 1 fully saturated rings. The lowest BCUT2D eigenvalue weighted by molar-refractivity contribution is 0.0943. The maximum Gasteiger partial charge on any atom is 0.251 e. The monoisotopic (exact) mass is 263 g/mol. The third kappa shape index (κ3) is 3.63. The number of benzene rings is 1. The third-order valence-electron chi connectivity index (χ3n) is 3.72. The SMILES string of the molecule is COc1ccc(C(=O)NCC2CCCCC2)cc1O. The summed E-state index contributed by atoms with van der Waals surface area (Å²) in [5.74, 6) is 0.838. The van der Waals surface area contributed by atoms with Crippen molar-refractivity contribution in [3.8, 4) is 11.5 Å². The molecule has 0 atom stereocenters. The number of nitrogens with one attached hydrogen (secondary N) is 1. The molecule has 19 heavy (non-hydrogen) atoms. The molecule has 1 aliphatic carbocycles. The Bertz CT molecular complexity index is 439. The Labute approximate surface area is 113 Å². The van der Waals surface area contributed by atoms with Crippen molar-refractivity contribution in [2.45, 2.75) is 32.1 Å². The molecule has 1 amide bonds. The van der Waals surface area contributed by atoms with Gasteiger partial charge >= 0.3 is 0 Å². The van der Waals surface area contributed by atoms with Crippen molar-refractivity contribution in [3.63, 3.8) is 0 Å². The summed E-state index contributed by atoms with van der Waals surface area (Å²) in [7, 11) is 1.48. The van der Waals surface area contributed by atoms with Crippen molar-refractivity contribution in [3.05, 3.63) is 23.8 Å². The Morgan fingerprint density at radius 2 is 2.11 bits per heavy atom. The van der Waals surface area contributed by atoms with E-state index in [2.05, 4.69) is 5.32 Å². The van der Waals surface area contributed by atoms with Gasteiger partial charge in [0.1, 0.15) is 0 Å². The fourth-order valence-corrected chi connectivity index (χ4v) is 2.56. The summed E-state index contributed by atoms with van der Waals surface area (Å²) in [4.78, 5) is 12.0. The average Bonchev–Trinajstić information content (AvgIpc) is 2.45. The second kappa shape index (κ2) is 6.45. The van der Waals surface area contributed by atoms with Crippen molar-refractivity contribution in [2.24, 2.45) is 5.92 Å². The Balaban J connectivity index is 1.90. The van der Waals surface area contributed by atoms with Crippen LogP contribution in [0.1, 0.15) is 42.5 Å². The molecule has 0 radical (unpaired) electrons. The lowest BCUT2D eigenvalue weighted by atomic mass is 9.89. The minimum atomic E-state index is -0.136. The Morgan fingerprint density at radius 3 is 2.74 bits per heavy atom. The first-order valence-electron chi connectivity index (χ1n) is 6.86. The van der Waals surface area contributed by atoms with Gasteiger partial charge in [0.25, 0.3) is 5.91 Å². The second-order valence-corrected chi connectivity index (χ2v) is 5.10. The molecule has 104 valence electrons. The highest BCUT2D eigenvalue weighted by Crippen LogP contribution is 2.26. The predicted octanol–water partition coefficient (Wildman–Crippen LogP) is 2.71.